The van der Waals surface area contributed by atoms with Gasteiger partial charge in [0.2, 0.25) is 5.91 Å². The first-order valence-electron chi connectivity index (χ1n) is 9.66. The largest absolute Gasteiger partial charge is 0.338 e. The average molecular weight is 351 g/mol. The predicted octanol–water partition coefficient (Wildman–Crippen LogP) is 3.29. The van der Waals surface area contributed by atoms with Gasteiger partial charge in [-0.1, -0.05) is 56.0 Å². The summed E-state index contributed by atoms with van der Waals surface area (Å²) in [6, 6.07) is 9.67. The molecule has 1 aromatic carbocycles. The minimum Gasteiger partial charge on any atom is -0.338 e. The van der Waals surface area contributed by atoms with Crippen molar-refractivity contribution in [2.45, 2.75) is 51.5 Å². The Balaban J connectivity index is 1.46. The molecule has 0 unspecified atom stereocenters. The van der Waals surface area contributed by atoms with Crippen molar-refractivity contribution < 1.29 is 4.79 Å². The molecular formula is C21H25N3O2. The normalized spacial score (nSPS) is 17.3. The van der Waals surface area contributed by atoms with Crippen molar-refractivity contribution in [3.8, 4) is 11.4 Å². The van der Waals surface area contributed by atoms with Crippen molar-refractivity contribution in [1.82, 2.24) is 14.9 Å². The summed E-state index contributed by atoms with van der Waals surface area (Å²) >= 11 is 0. The molecule has 1 aliphatic heterocycles. The molecule has 1 N–H and O–H groups in total. The fourth-order valence-corrected chi connectivity index (χ4v) is 4.16. The van der Waals surface area contributed by atoms with Gasteiger partial charge < -0.3 is 9.88 Å². The second kappa shape index (κ2) is 7.44. The van der Waals surface area contributed by atoms with Gasteiger partial charge in [0.1, 0.15) is 5.82 Å². The predicted molar refractivity (Wildman–Crippen MR) is 101 cm³/mol. The lowest BCUT2D eigenvalue weighted by atomic mass is 10.0. The molecule has 4 rings (SSSR count). The number of fused-ring (bicyclic) bond motifs is 1. The summed E-state index contributed by atoms with van der Waals surface area (Å²) in [6.45, 7) is 1.04. The van der Waals surface area contributed by atoms with Crippen molar-refractivity contribution in [2.75, 3.05) is 6.54 Å². The zero-order valence-electron chi connectivity index (χ0n) is 15.0. The first kappa shape index (κ1) is 17.0. The number of aromatic nitrogens is 2. The molecule has 26 heavy (non-hydrogen) atoms. The van der Waals surface area contributed by atoms with Crippen LogP contribution in [0.3, 0.4) is 0 Å². The lowest BCUT2D eigenvalue weighted by Gasteiger charge is -2.28. The number of nitrogens with one attached hydrogen (secondary N) is 1. The number of amides is 1. The molecule has 0 bridgehead atoms. The smallest absolute Gasteiger partial charge is 0.256 e. The van der Waals surface area contributed by atoms with E-state index >= 15 is 0 Å². The summed E-state index contributed by atoms with van der Waals surface area (Å²) in [5, 5.41) is 0. The van der Waals surface area contributed by atoms with Crippen molar-refractivity contribution in [3.63, 3.8) is 0 Å². The molecule has 0 radical (unpaired) electrons. The minimum atomic E-state index is -0.123. The van der Waals surface area contributed by atoms with E-state index in [0.29, 0.717) is 37.3 Å². The minimum absolute atomic E-state index is 0.123. The standard InChI is InChI=1S/C21H25N3O2/c25-19(11-10-15-6-4-5-7-15)24-13-12-18-17(14-24)21(26)23-20(22-18)16-8-2-1-3-9-16/h1-3,8-9,15H,4-7,10-14H2,(H,22,23,26). The second-order valence-corrected chi connectivity index (χ2v) is 7.46. The van der Waals surface area contributed by atoms with E-state index < -0.39 is 0 Å². The van der Waals surface area contributed by atoms with Gasteiger partial charge in [-0.05, 0) is 12.3 Å². The molecule has 0 spiro atoms. The third-order valence-corrected chi connectivity index (χ3v) is 5.71. The Morgan fingerprint density at radius 3 is 2.73 bits per heavy atom. The van der Waals surface area contributed by atoms with Crippen LogP contribution in [-0.4, -0.2) is 27.3 Å². The van der Waals surface area contributed by atoms with Crippen molar-refractivity contribution >= 4 is 5.91 Å². The molecule has 2 aromatic rings. The highest BCUT2D eigenvalue weighted by Crippen LogP contribution is 2.29. The van der Waals surface area contributed by atoms with Crippen LogP contribution in [0, 0.1) is 5.92 Å². The molecule has 1 aromatic heterocycles. The van der Waals surface area contributed by atoms with E-state index in [1.165, 1.54) is 25.7 Å². The number of H-pyrrole nitrogens is 1. The molecule has 1 fully saturated rings. The van der Waals surface area contributed by atoms with Crippen LogP contribution in [0.4, 0.5) is 0 Å². The zero-order valence-corrected chi connectivity index (χ0v) is 15.0. The highest BCUT2D eigenvalue weighted by Gasteiger charge is 2.25. The van der Waals surface area contributed by atoms with Crippen molar-refractivity contribution in [3.05, 3.63) is 51.9 Å². The van der Waals surface area contributed by atoms with E-state index in [0.717, 1.165) is 23.6 Å². The highest BCUT2D eigenvalue weighted by molar-refractivity contribution is 5.76. The Morgan fingerprint density at radius 1 is 1.19 bits per heavy atom. The molecule has 0 atom stereocenters. The number of hydrogen-bond donors (Lipinski definition) is 1. The quantitative estimate of drug-likeness (QED) is 0.919. The number of hydrogen-bond acceptors (Lipinski definition) is 3. The Morgan fingerprint density at radius 2 is 1.96 bits per heavy atom. The molecule has 5 heteroatoms. The van der Waals surface area contributed by atoms with Gasteiger partial charge in [-0.25, -0.2) is 4.98 Å². The maximum absolute atomic E-state index is 12.6. The van der Waals surface area contributed by atoms with Gasteiger partial charge in [0.05, 0.1) is 17.8 Å². The van der Waals surface area contributed by atoms with Gasteiger partial charge in [-0.15, -0.1) is 0 Å². The fraction of sp³-hybridized carbons (Fsp3) is 0.476. The maximum atomic E-state index is 12.6. The van der Waals surface area contributed by atoms with Crippen molar-refractivity contribution in [2.24, 2.45) is 5.92 Å². The monoisotopic (exact) mass is 351 g/mol. The van der Waals surface area contributed by atoms with Crippen LogP contribution >= 0.6 is 0 Å². The van der Waals surface area contributed by atoms with Gasteiger partial charge in [0.25, 0.3) is 5.56 Å². The number of carbonyl (C=O) groups excluding carboxylic acids is 1. The number of aromatic amines is 1. The summed E-state index contributed by atoms with van der Waals surface area (Å²) < 4.78 is 0. The number of rotatable bonds is 4. The first-order valence-corrected chi connectivity index (χ1v) is 9.66. The molecule has 1 aliphatic carbocycles. The van der Waals surface area contributed by atoms with Crippen LogP contribution < -0.4 is 5.56 Å². The lowest BCUT2D eigenvalue weighted by Crippen LogP contribution is -2.39. The topological polar surface area (TPSA) is 66.1 Å². The van der Waals surface area contributed by atoms with Crippen LogP contribution in [0.5, 0.6) is 0 Å². The van der Waals surface area contributed by atoms with E-state index in [4.69, 9.17) is 0 Å². The number of benzene rings is 1. The average Bonchev–Trinajstić information content (AvgIpc) is 3.20. The Hall–Kier alpha value is -2.43. The summed E-state index contributed by atoms with van der Waals surface area (Å²) in [5.41, 5.74) is 2.25. The first-order chi connectivity index (χ1) is 12.7. The number of nitrogens with zero attached hydrogens (tertiary/aromatic N) is 2. The van der Waals surface area contributed by atoms with Gasteiger partial charge in [0.15, 0.2) is 0 Å². The Kier molecular flexibility index (Phi) is 4.87. The van der Waals surface area contributed by atoms with Gasteiger partial charge in [0, 0.05) is 24.9 Å². The molecule has 2 heterocycles. The highest BCUT2D eigenvalue weighted by atomic mass is 16.2. The molecule has 1 saturated carbocycles. The summed E-state index contributed by atoms with van der Waals surface area (Å²) in [5.74, 6) is 1.50. The molecule has 1 amide bonds. The van der Waals surface area contributed by atoms with E-state index in [-0.39, 0.29) is 11.5 Å². The van der Waals surface area contributed by atoms with Gasteiger partial charge in [-0.3, -0.25) is 9.59 Å². The molecule has 2 aliphatic rings. The van der Waals surface area contributed by atoms with E-state index in [1.54, 1.807) is 0 Å². The fourth-order valence-electron chi connectivity index (χ4n) is 4.16. The molecular weight excluding hydrogens is 326 g/mol. The Bertz CT molecular complexity index is 838. The third kappa shape index (κ3) is 3.57. The van der Waals surface area contributed by atoms with Crippen molar-refractivity contribution in [1.29, 1.82) is 0 Å². The Labute approximate surface area is 153 Å². The van der Waals surface area contributed by atoms with Crippen LogP contribution in [0.15, 0.2) is 35.1 Å². The molecule has 0 saturated heterocycles. The van der Waals surface area contributed by atoms with E-state index in [2.05, 4.69) is 9.97 Å². The SMILES string of the molecule is O=C(CCC1CCCC1)N1CCc2nc(-c3ccccc3)[nH]c(=O)c2C1. The van der Waals surface area contributed by atoms with Crippen LogP contribution in [0.25, 0.3) is 11.4 Å². The van der Waals surface area contributed by atoms with Crippen LogP contribution in [-0.2, 0) is 17.8 Å². The number of carbonyl (C=O) groups is 1. The maximum Gasteiger partial charge on any atom is 0.256 e. The third-order valence-electron chi connectivity index (χ3n) is 5.71. The van der Waals surface area contributed by atoms with Gasteiger partial charge in [-0.2, -0.15) is 0 Å². The summed E-state index contributed by atoms with van der Waals surface area (Å²) in [7, 11) is 0. The van der Waals surface area contributed by atoms with E-state index in [9.17, 15) is 9.59 Å². The van der Waals surface area contributed by atoms with Crippen LogP contribution in [0.1, 0.15) is 49.8 Å². The zero-order chi connectivity index (χ0) is 17.9. The molecule has 5 nitrogen and oxygen atoms in total. The van der Waals surface area contributed by atoms with E-state index in [1.807, 2.05) is 35.2 Å². The van der Waals surface area contributed by atoms with Crippen LogP contribution in [0.2, 0.25) is 0 Å². The van der Waals surface area contributed by atoms with Gasteiger partial charge >= 0.3 is 0 Å². The molecule has 136 valence electrons. The second-order valence-electron chi connectivity index (χ2n) is 7.46. The summed E-state index contributed by atoms with van der Waals surface area (Å²) in [4.78, 5) is 34.5. The lowest BCUT2D eigenvalue weighted by molar-refractivity contribution is -0.132. The summed E-state index contributed by atoms with van der Waals surface area (Å²) in [6.07, 6.45) is 7.39.